The van der Waals surface area contributed by atoms with E-state index in [1.54, 1.807) is 0 Å². The maximum atomic E-state index is 12.3. The van der Waals surface area contributed by atoms with Crippen molar-refractivity contribution in [1.29, 1.82) is 0 Å². The van der Waals surface area contributed by atoms with Gasteiger partial charge < -0.3 is 14.6 Å². The molecular weight excluding hydrogens is 229 g/mol. The van der Waals surface area contributed by atoms with E-state index in [4.69, 9.17) is 0 Å². The predicted molar refractivity (Wildman–Crippen MR) is 44.9 cm³/mol. The summed E-state index contributed by atoms with van der Waals surface area (Å²) in [7, 11) is 0. The summed E-state index contributed by atoms with van der Waals surface area (Å²) in [4.78, 5) is 20.7. The maximum absolute atomic E-state index is 12.3. The lowest BCUT2D eigenvalue weighted by molar-refractivity contribution is -0.297. The Balaban J connectivity index is 4.54. The number of halogens is 3. The highest BCUT2D eigenvalue weighted by Gasteiger charge is 2.44. The van der Waals surface area contributed by atoms with Gasteiger partial charge in [-0.1, -0.05) is 13.8 Å². The number of carbonyl (C=O) groups excluding carboxylic acids is 2. The first-order valence-corrected chi connectivity index (χ1v) is 4.31. The van der Waals surface area contributed by atoms with Crippen molar-refractivity contribution in [3.8, 4) is 0 Å². The van der Waals surface area contributed by atoms with E-state index in [0.717, 1.165) is 0 Å². The normalized spacial score (nSPS) is 14.1. The van der Waals surface area contributed by atoms with Gasteiger partial charge in [0, 0.05) is 6.08 Å². The highest BCUT2D eigenvalue weighted by Crippen LogP contribution is 2.28. The van der Waals surface area contributed by atoms with Gasteiger partial charge in [0.15, 0.2) is 6.10 Å². The number of rotatable bonds is 4. The molecule has 0 heterocycles. The van der Waals surface area contributed by atoms with E-state index >= 15 is 0 Å². The number of ether oxygens (including phenoxy) is 1. The average Bonchev–Trinajstić information content (AvgIpc) is 2.08. The van der Waals surface area contributed by atoms with Crippen LogP contribution in [-0.4, -0.2) is 24.2 Å². The van der Waals surface area contributed by atoms with Gasteiger partial charge in [-0.05, 0) is 12.0 Å². The molecule has 0 fully saturated rings. The van der Waals surface area contributed by atoms with Crippen molar-refractivity contribution < 1.29 is 32.6 Å². The summed E-state index contributed by atoms with van der Waals surface area (Å²) >= 11 is 0. The second kappa shape index (κ2) is 5.53. The van der Waals surface area contributed by atoms with Crippen molar-refractivity contribution >= 4 is 11.9 Å². The zero-order chi connectivity index (χ0) is 12.9. The molecule has 0 aromatic carbocycles. The molecule has 4 nitrogen and oxygen atoms in total. The Labute approximate surface area is 89.7 Å². The Hall–Kier alpha value is -1.53. The third kappa shape index (κ3) is 5.38. The van der Waals surface area contributed by atoms with Gasteiger partial charge in [0.2, 0.25) is 0 Å². The minimum absolute atomic E-state index is 0.302. The molecule has 0 aliphatic rings. The van der Waals surface area contributed by atoms with Crippen LogP contribution in [0.5, 0.6) is 0 Å². The van der Waals surface area contributed by atoms with Gasteiger partial charge in [-0.25, -0.2) is 4.79 Å². The van der Waals surface area contributed by atoms with E-state index in [9.17, 15) is 27.9 Å². The molecule has 0 N–H and O–H groups in total. The minimum atomic E-state index is -4.68. The summed E-state index contributed by atoms with van der Waals surface area (Å²) in [5.74, 6) is -4.02. The van der Waals surface area contributed by atoms with Crippen molar-refractivity contribution in [2.75, 3.05) is 0 Å². The number of carbonyl (C=O) groups is 2. The van der Waals surface area contributed by atoms with Crippen molar-refractivity contribution in [2.45, 2.75) is 26.1 Å². The van der Waals surface area contributed by atoms with Gasteiger partial charge in [0.05, 0.1) is 5.97 Å². The fourth-order valence-corrected chi connectivity index (χ4v) is 0.881. The van der Waals surface area contributed by atoms with E-state index in [0.29, 0.717) is 12.2 Å². The summed E-state index contributed by atoms with van der Waals surface area (Å²) in [6.07, 6.45) is -6.27. The van der Waals surface area contributed by atoms with Crippen LogP contribution >= 0.6 is 0 Å². The van der Waals surface area contributed by atoms with Gasteiger partial charge in [-0.15, -0.1) is 0 Å². The van der Waals surface area contributed by atoms with Gasteiger partial charge in [-0.2, -0.15) is 13.2 Å². The van der Waals surface area contributed by atoms with E-state index in [1.807, 2.05) is 0 Å². The van der Waals surface area contributed by atoms with Crippen LogP contribution in [0.25, 0.3) is 0 Å². The zero-order valence-electron chi connectivity index (χ0n) is 8.58. The van der Waals surface area contributed by atoms with Gasteiger partial charge in [0.25, 0.3) is 0 Å². The summed E-state index contributed by atoms with van der Waals surface area (Å²) in [6.45, 7) is 2.46. The van der Waals surface area contributed by atoms with Crippen molar-refractivity contribution in [2.24, 2.45) is 5.92 Å². The first-order chi connectivity index (χ1) is 7.14. The number of carboxylic acids is 1. The maximum Gasteiger partial charge on any atom is 0.425 e. The van der Waals surface area contributed by atoms with Crippen LogP contribution in [0.1, 0.15) is 13.8 Å². The standard InChI is InChI=1S/C9H11F3O4/c1-5(2)8(9(10,11)12)16-7(15)4-3-6(13)14/h3-5,8H,1-2H3,(H,13,14)/p-1/b4-3+. The van der Waals surface area contributed by atoms with E-state index in [2.05, 4.69) is 4.74 Å². The molecule has 16 heavy (non-hydrogen) atoms. The molecule has 0 aromatic heterocycles. The van der Waals surface area contributed by atoms with E-state index < -0.39 is 30.1 Å². The molecule has 0 bridgehead atoms. The third-order valence-electron chi connectivity index (χ3n) is 1.53. The number of esters is 1. The van der Waals surface area contributed by atoms with Crippen LogP contribution in [0.4, 0.5) is 13.2 Å². The zero-order valence-corrected chi connectivity index (χ0v) is 8.58. The summed E-state index contributed by atoms with van der Waals surface area (Å²) in [5, 5.41) is 9.89. The molecule has 0 aliphatic carbocycles. The Kier molecular flexibility index (Phi) is 5.00. The van der Waals surface area contributed by atoms with E-state index in [1.165, 1.54) is 13.8 Å². The number of hydrogen-bond donors (Lipinski definition) is 0. The third-order valence-corrected chi connectivity index (χ3v) is 1.53. The van der Waals surface area contributed by atoms with Gasteiger partial charge >= 0.3 is 12.1 Å². The second-order valence-corrected chi connectivity index (χ2v) is 3.30. The number of carboxylic acid groups (broad SMARTS) is 1. The number of hydrogen-bond acceptors (Lipinski definition) is 4. The first-order valence-electron chi connectivity index (χ1n) is 4.31. The molecule has 0 saturated carbocycles. The quantitative estimate of drug-likeness (QED) is 0.526. The lowest BCUT2D eigenvalue weighted by Crippen LogP contribution is -2.37. The molecular formula is C9H10F3O4-. The van der Waals surface area contributed by atoms with Gasteiger partial charge in [0.1, 0.15) is 0 Å². The largest absolute Gasteiger partial charge is 0.545 e. The van der Waals surface area contributed by atoms with Crippen molar-refractivity contribution in [1.82, 2.24) is 0 Å². The van der Waals surface area contributed by atoms with Crippen LogP contribution in [-0.2, 0) is 14.3 Å². The van der Waals surface area contributed by atoms with Crippen LogP contribution < -0.4 is 5.11 Å². The Morgan fingerprint density at radius 1 is 1.25 bits per heavy atom. The number of aliphatic carboxylic acids is 1. The lowest BCUT2D eigenvalue weighted by atomic mass is 10.1. The smallest absolute Gasteiger partial charge is 0.425 e. The van der Waals surface area contributed by atoms with Crippen LogP contribution in [0, 0.1) is 5.92 Å². The van der Waals surface area contributed by atoms with Gasteiger partial charge in [-0.3, -0.25) is 0 Å². The predicted octanol–water partition coefficient (Wildman–Crippen LogP) is 0.423. The van der Waals surface area contributed by atoms with Crippen LogP contribution in [0.3, 0.4) is 0 Å². The molecule has 92 valence electrons. The molecule has 0 aliphatic heterocycles. The van der Waals surface area contributed by atoms with Crippen molar-refractivity contribution in [3.63, 3.8) is 0 Å². The fourth-order valence-electron chi connectivity index (χ4n) is 0.881. The number of alkyl halides is 3. The highest BCUT2D eigenvalue weighted by molar-refractivity contribution is 5.89. The summed E-state index contributed by atoms with van der Waals surface area (Å²) < 4.78 is 41.0. The van der Waals surface area contributed by atoms with Crippen LogP contribution in [0.2, 0.25) is 0 Å². The second-order valence-electron chi connectivity index (χ2n) is 3.30. The Bertz CT molecular complexity index is 294. The summed E-state index contributed by atoms with van der Waals surface area (Å²) in [6, 6.07) is 0. The SMILES string of the molecule is CC(C)C(OC(=O)/C=C/C(=O)[O-])C(F)(F)F. The molecule has 0 aromatic rings. The molecule has 0 saturated heterocycles. The molecule has 0 radical (unpaired) electrons. The summed E-state index contributed by atoms with van der Waals surface area (Å²) in [5.41, 5.74) is 0. The highest BCUT2D eigenvalue weighted by atomic mass is 19.4. The first kappa shape index (κ1) is 14.5. The Morgan fingerprint density at radius 3 is 2.06 bits per heavy atom. The van der Waals surface area contributed by atoms with E-state index in [-0.39, 0.29) is 0 Å². The molecule has 1 unspecified atom stereocenters. The molecule has 0 amide bonds. The monoisotopic (exact) mass is 239 g/mol. The lowest BCUT2D eigenvalue weighted by Gasteiger charge is -2.23. The van der Waals surface area contributed by atoms with Crippen LogP contribution in [0.15, 0.2) is 12.2 Å². The average molecular weight is 239 g/mol. The Morgan fingerprint density at radius 2 is 1.75 bits per heavy atom. The minimum Gasteiger partial charge on any atom is -0.545 e. The molecule has 0 rings (SSSR count). The fraction of sp³-hybridized carbons (Fsp3) is 0.556. The molecule has 7 heteroatoms. The molecule has 1 atom stereocenters. The topological polar surface area (TPSA) is 66.4 Å². The molecule has 0 spiro atoms. The van der Waals surface area contributed by atoms with Crippen molar-refractivity contribution in [3.05, 3.63) is 12.2 Å².